The average Bonchev–Trinajstić information content (AvgIpc) is 2.56. The molecule has 1 fully saturated rings. The number of carbonyl (C=O) groups is 2. The number of carbonyl (C=O) groups excluding carboxylic acids is 1. The van der Waals surface area contributed by atoms with Crippen molar-refractivity contribution in [3.05, 3.63) is 29.8 Å². The first kappa shape index (κ1) is 20.2. The number of sulfonamides is 1. The van der Waals surface area contributed by atoms with Gasteiger partial charge in [-0.3, -0.25) is 9.59 Å². The molecule has 0 aromatic heterocycles. The van der Waals surface area contributed by atoms with Gasteiger partial charge in [0.1, 0.15) is 16.5 Å². The molecule has 2 rings (SSSR count). The van der Waals surface area contributed by atoms with Gasteiger partial charge in [-0.2, -0.15) is 4.31 Å². The van der Waals surface area contributed by atoms with Crippen LogP contribution in [0, 0.1) is 17.6 Å². The average molecular weight is 390 g/mol. The first-order valence-corrected chi connectivity index (χ1v) is 9.52. The van der Waals surface area contributed by atoms with Crippen LogP contribution in [0.2, 0.25) is 0 Å². The Bertz CT molecular complexity index is 792. The molecule has 1 aliphatic rings. The summed E-state index contributed by atoms with van der Waals surface area (Å²) in [4.78, 5) is 22.0. The zero-order valence-corrected chi connectivity index (χ0v) is 14.9. The van der Waals surface area contributed by atoms with Gasteiger partial charge in [-0.1, -0.05) is 0 Å². The van der Waals surface area contributed by atoms with E-state index >= 15 is 0 Å². The quantitative estimate of drug-likeness (QED) is 0.763. The number of amides is 1. The van der Waals surface area contributed by atoms with E-state index in [4.69, 9.17) is 5.11 Å². The number of piperidine rings is 1. The van der Waals surface area contributed by atoms with Gasteiger partial charge in [-0.15, -0.1) is 0 Å². The fourth-order valence-corrected chi connectivity index (χ4v) is 4.39. The number of hydrogen-bond acceptors (Lipinski definition) is 4. The number of benzene rings is 1. The third-order valence-corrected chi connectivity index (χ3v) is 6.12. The lowest BCUT2D eigenvalue weighted by atomic mass is 9.97. The molecule has 10 heteroatoms. The van der Waals surface area contributed by atoms with Gasteiger partial charge in [0.25, 0.3) is 0 Å². The van der Waals surface area contributed by atoms with Gasteiger partial charge in [0.2, 0.25) is 15.9 Å². The maximum Gasteiger partial charge on any atom is 0.305 e. The summed E-state index contributed by atoms with van der Waals surface area (Å²) in [7, 11) is -4.19. The highest BCUT2D eigenvalue weighted by atomic mass is 32.2. The Labute approximate surface area is 150 Å². The van der Waals surface area contributed by atoms with E-state index < -0.39 is 44.5 Å². The predicted octanol–water partition coefficient (Wildman–Crippen LogP) is 1.34. The fraction of sp³-hybridized carbons (Fsp3) is 0.500. The molecule has 1 amide bonds. The third-order valence-electron chi connectivity index (χ3n) is 4.21. The molecule has 1 atom stereocenters. The second kappa shape index (κ2) is 8.09. The van der Waals surface area contributed by atoms with Crippen LogP contribution in [-0.4, -0.2) is 48.8 Å². The van der Waals surface area contributed by atoms with Gasteiger partial charge in [0.15, 0.2) is 0 Å². The topological polar surface area (TPSA) is 104 Å². The number of halogens is 2. The lowest BCUT2D eigenvalue weighted by Crippen LogP contribution is -2.45. The standard InChI is InChI=1S/C16H20F2N2O5S/c1-10(8-15(21)22)19-16(23)11-4-6-20(7-5-11)26(24,25)14-9-12(17)2-3-13(14)18/h2-3,9-11H,4-8H2,1H3,(H,19,23)(H,21,22). The van der Waals surface area contributed by atoms with Gasteiger partial charge < -0.3 is 10.4 Å². The van der Waals surface area contributed by atoms with E-state index in [1.807, 2.05) is 0 Å². The van der Waals surface area contributed by atoms with Gasteiger partial charge in [-0.05, 0) is 38.0 Å². The molecule has 0 spiro atoms. The molecular weight excluding hydrogens is 370 g/mol. The van der Waals surface area contributed by atoms with E-state index in [0.717, 1.165) is 16.4 Å². The van der Waals surface area contributed by atoms with Crippen LogP contribution in [0.25, 0.3) is 0 Å². The van der Waals surface area contributed by atoms with Crippen LogP contribution in [0.1, 0.15) is 26.2 Å². The largest absolute Gasteiger partial charge is 0.481 e. The monoisotopic (exact) mass is 390 g/mol. The van der Waals surface area contributed by atoms with Gasteiger partial charge >= 0.3 is 5.97 Å². The molecule has 26 heavy (non-hydrogen) atoms. The Morgan fingerprint density at radius 3 is 2.50 bits per heavy atom. The van der Waals surface area contributed by atoms with Crippen LogP contribution in [0.15, 0.2) is 23.1 Å². The first-order chi connectivity index (χ1) is 12.1. The van der Waals surface area contributed by atoms with E-state index in [1.165, 1.54) is 0 Å². The summed E-state index contributed by atoms with van der Waals surface area (Å²) >= 11 is 0. The Balaban J connectivity index is 2.00. The van der Waals surface area contributed by atoms with Crippen LogP contribution in [0.4, 0.5) is 8.78 Å². The van der Waals surface area contributed by atoms with Gasteiger partial charge in [0.05, 0.1) is 6.42 Å². The smallest absolute Gasteiger partial charge is 0.305 e. The highest BCUT2D eigenvalue weighted by Crippen LogP contribution is 2.26. The minimum Gasteiger partial charge on any atom is -0.481 e. The summed E-state index contributed by atoms with van der Waals surface area (Å²) in [6, 6.07) is 1.69. The van der Waals surface area contributed by atoms with E-state index in [9.17, 15) is 26.8 Å². The van der Waals surface area contributed by atoms with E-state index in [-0.39, 0.29) is 38.3 Å². The second-order valence-corrected chi connectivity index (χ2v) is 8.17. The highest BCUT2D eigenvalue weighted by molar-refractivity contribution is 7.89. The van der Waals surface area contributed by atoms with Gasteiger partial charge in [-0.25, -0.2) is 17.2 Å². The minimum absolute atomic E-state index is 0.0102. The van der Waals surface area contributed by atoms with Crippen LogP contribution in [0.3, 0.4) is 0 Å². The Morgan fingerprint density at radius 2 is 1.92 bits per heavy atom. The molecule has 1 heterocycles. The minimum atomic E-state index is -4.19. The van der Waals surface area contributed by atoms with E-state index in [1.54, 1.807) is 6.92 Å². The van der Waals surface area contributed by atoms with Crippen molar-refractivity contribution in [2.24, 2.45) is 5.92 Å². The number of nitrogens with zero attached hydrogens (tertiary/aromatic N) is 1. The van der Waals surface area contributed by atoms with Crippen LogP contribution in [-0.2, 0) is 19.6 Å². The van der Waals surface area contributed by atoms with Crippen LogP contribution in [0.5, 0.6) is 0 Å². The van der Waals surface area contributed by atoms with Crippen molar-refractivity contribution in [1.82, 2.24) is 9.62 Å². The van der Waals surface area contributed by atoms with Crippen molar-refractivity contribution in [3.63, 3.8) is 0 Å². The highest BCUT2D eigenvalue weighted by Gasteiger charge is 2.34. The molecule has 0 aliphatic carbocycles. The summed E-state index contributed by atoms with van der Waals surface area (Å²) in [6.45, 7) is 1.55. The van der Waals surface area contributed by atoms with E-state index in [2.05, 4.69) is 5.32 Å². The second-order valence-electron chi connectivity index (χ2n) is 6.26. The van der Waals surface area contributed by atoms with E-state index in [0.29, 0.717) is 6.07 Å². The maximum absolute atomic E-state index is 13.8. The summed E-state index contributed by atoms with van der Waals surface area (Å²) < 4.78 is 53.1. The normalized spacial score (nSPS) is 17.7. The number of carboxylic acids is 1. The van der Waals surface area contributed by atoms with Crippen molar-refractivity contribution in [3.8, 4) is 0 Å². The van der Waals surface area contributed by atoms with Crippen molar-refractivity contribution < 1.29 is 31.9 Å². The molecule has 2 N–H and O–H groups in total. The summed E-state index contributed by atoms with van der Waals surface area (Å²) in [6.07, 6.45) is 0.210. The third kappa shape index (κ3) is 4.76. The fourth-order valence-electron chi connectivity index (χ4n) is 2.85. The lowest BCUT2D eigenvalue weighted by molar-refractivity contribution is -0.137. The Morgan fingerprint density at radius 1 is 1.31 bits per heavy atom. The van der Waals surface area contributed by atoms with Crippen molar-refractivity contribution in [2.75, 3.05) is 13.1 Å². The molecule has 144 valence electrons. The molecule has 1 aliphatic heterocycles. The van der Waals surface area contributed by atoms with Crippen molar-refractivity contribution in [2.45, 2.75) is 37.1 Å². The number of carboxylic acid groups (broad SMARTS) is 1. The molecule has 1 saturated heterocycles. The number of rotatable bonds is 6. The van der Waals surface area contributed by atoms with Crippen LogP contribution < -0.4 is 5.32 Å². The molecule has 1 aromatic carbocycles. The molecule has 7 nitrogen and oxygen atoms in total. The molecule has 1 aromatic rings. The lowest BCUT2D eigenvalue weighted by Gasteiger charge is -2.31. The SMILES string of the molecule is CC(CC(=O)O)NC(=O)C1CCN(S(=O)(=O)c2cc(F)ccc2F)CC1. The molecular formula is C16H20F2N2O5S. The summed E-state index contributed by atoms with van der Waals surface area (Å²) in [5.41, 5.74) is 0. The Hall–Kier alpha value is -2.07. The number of nitrogens with one attached hydrogen (secondary N) is 1. The predicted molar refractivity (Wildman–Crippen MR) is 87.7 cm³/mol. The van der Waals surface area contributed by atoms with Crippen LogP contribution >= 0.6 is 0 Å². The molecule has 0 saturated carbocycles. The summed E-state index contributed by atoms with van der Waals surface area (Å²) in [5.74, 6) is -3.72. The zero-order valence-electron chi connectivity index (χ0n) is 14.1. The van der Waals surface area contributed by atoms with Crippen molar-refractivity contribution >= 4 is 21.9 Å². The molecule has 1 unspecified atom stereocenters. The first-order valence-electron chi connectivity index (χ1n) is 8.08. The zero-order chi connectivity index (χ0) is 19.5. The number of hydrogen-bond donors (Lipinski definition) is 2. The van der Waals surface area contributed by atoms with Crippen molar-refractivity contribution in [1.29, 1.82) is 0 Å². The molecule has 0 radical (unpaired) electrons. The summed E-state index contributed by atoms with van der Waals surface area (Å²) in [5, 5.41) is 11.3. The van der Waals surface area contributed by atoms with Gasteiger partial charge in [0, 0.05) is 25.0 Å². The molecule has 0 bridgehead atoms. The Kier molecular flexibility index (Phi) is 6.30. The number of aliphatic carboxylic acids is 1. The maximum atomic E-state index is 13.8.